The lowest BCUT2D eigenvalue weighted by atomic mass is 10.2. The second-order valence-electron chi connectivity index (χ2n) is 5.97. The van der Waals surface area contributed by atoms with Gasteiger partial charge in [-0.05, 0) is 24.3 Å². The van der Waals surface area contributed by atoms with Crippen molar-refractivity contribution in [2.75, 3.05) is 43.1 Å². The standard InChI is InChI=1S/C18H17BrFN3O5/c19-12-1-3-17(22-5-7-27-8-6-22)15(9-12)21-18(24)11-28-13-2-4-16(23(25)26)14(20)10-13/h1-4,9-10H,5-8,11H2,(H,21,24). The molecule has 1 amide bonds. The summed E-state index contributed by atoms with van der Waals surface area (Å²) in [6.45, 7) is 2.27. The minimum absolute atomic E-state index is 0.0286. The Morgan fingerprint density at radius 2 is 2.04 bits per heavy atom. The van der Waals surface area contributed by atoms with Crippen molar-refractivity contribution in [3.8, 4) is 5.75 Å². The molecular weight excluding hydrogens is 437 g/mol. The molecule has 0 unspecified atom stereocenters. The van der Waals surface area contributed by atoms with Gasteiger partial charge in [-0.15, -0.1) is 0 Å². The molecule has 1 saturated heterocycles. The van der Waals surface area contributed by atoms with Gasteiger partial charge >= 0.3 is 5.69 Å². The van der Waals surface area contributed by atoms with E-state index in [9.17, 15) is 19.3 Å². The number of nitro groups is 1. The number of morpholine rings is 1. The van der Waals surface area contributed by atoms with E-state index in [2.05, 4.69) is 26.1 Å². The molecular formula is C18H17BrFN3O5. The van der Waals surface area contributed by atoms with Crippen molar-refractivity contribution in [3.05, 3.63) is 56.8 Å². The van der Waals surface area contributed by atoms with Gasteiger partial charge in [0.2, 0.25) is 5.82 Å². The number of ether oxygens (including phenoxy) is 2. The van der Waals surface area contributed by atoms with E-state index < -0.39 is 22.3 Å². The van der Waals surface area contributed by atoms with Gasteiger partial charge in [0.1, 0.15) is 5.75 Å². The second kappa shape index (κ2) is 8.98. The highest BCUT2D eigenvalue weighted by Crippen LogP contribution is 2.30. The number of nitrogens with zero attached hydrogens (tertiary/aromatic N) is 2. The van der Waals surface area contributed by atoms with Crippen molar-refractivity contribution in [3.63, 3.8) is 0 Å². The van der Waals surface area contributed by atoms with Crippen LogP contribution in [0.15, 0.2) is 40.9 Å². The Morgan fingerprint density at radius 3 is 2.71 bits per heavy atom. The topological polar surface area (TPSA) is 93.9 Å². The van der Waals surface area contributed by atoms with Crippen LogP contribution in [0.3, 0.4) is 0 Å². The van der Waals surface area contributed by atoms with Crippen LogP contribution in [0.1, 0.15) is 0 Å². The van der Waals surface area contributed by atoms with E-state index in [1.807, 2.05) is 12.1 Å². The molecule has 1 heterocycles. The van der Waals surface area contributed by atoms with Crippen molar-refractivity contribution >= 4 is 38.9 Å². The normalized spacial score (nSPS) is 13.9. The molecule has 148 valence electrons. The number of rotatable bonds is 6. The molecule has 0 bridgehead atoms. The van der Waals surface area contributed by atoms with E-state index in [0.29, 0.717) is 32.0 Å². The van der Waals surface area contributed by atoms with E-state index in [0.717, 1.165) is 22.3 Å². The van der Waals surface area contributed by atoms with Crippen LogP contribution >= 0.6 is 15.9 Å². The number of carbonyl (C=O) groups is 1. The third kappa shape index (κ3) is 4.96. The van der Waals surface area contributed by atoms with E-state index in [4.69, 9.17) is 9.47 Å². The minimum Gasteiger partial charge on any atom is -0.484 e. The number of hydrogen-bond acceptors (Lipinski definition) is 6. The molecule has 1 fully saturated rings. The lowest BCUT2D eigenvalue weighted by molar-refractivity contribution is -0.387. The first-order valence-electron chi connectivity index (χ1n) is 8.43. The number of hydrogen-bond donors (Lipinski definition) is 1. The molecule has 0 aromatic heterocycles. The monoisotopic (exact) mass is 453 g/mol. The van der Waals surface area contributed by atoms with Gasteiger partial charge in [0.15, 0.2) is 6.61 Å². The van der Waals surface area contributed by atoms with Crippen LogP contribution in [0.25, 0.3) is 0 Å². The zero-order valence-corrected chi connectivity index (χ0v) is 16.3. The van der Waals surface area contributed by atoms with Crippen LogP contribution in [-0.4, -0.2) is 43.7 Å². The molecule has 1 aliphatic heterocycles. The van der Waals surface area contributed by atoms with Crippen LogP contribution in [0.4, 0.5) is 21.5 Å². The first kappa shape index (κ1) is 20.0. The smallest absolute Gasteiger partial charge is 0.305 e. The predicted molar refractivity (Wildman–Crippen MR) is 104 cm³/mol. The molecule has 0 aliphatic carbocycles. The van der Waals surface area contributed by atoms with Crippen LogP contribution in [0, 0.1) is 15.9 Å². The third-order valence-corrected chi connectivity index (χ3v) is 4.56. The van der Waals surface area contributed by atoms with Crippen molar-refractivity contribution in [1.29, 1.82) is 0 Å². The molecule has 8 nitrogen and oxygen atoms in total. The Kier molecular flexibility index (Phi) is 6.42. The number of nitrogens with one attached hydrogen (secondary N) is 1. The van der Waals surface area contributed by atoms with Gasteiger partial charge in [-0.25, -0.2) is 0 Å². The zero-order valence-electron chi connectivity index (χ0n) is 14.7. The van der Waals surface area contributed by atoms with E-state index >= 15 is 0 Å². The van der Waals surface area contributed by atoms with Crippen LogP contribution in [0.2, 0.25) is 0 Å². The molecule has 2 aromatic rings. The molecule has 2 aromatic carbocycles. The van der Waals surface area contributed by atoms with E-state index in [1.165, 1.54) is 6.07 Å². The second-order valence-corrected chi connectivity index (χ2v) is 6.88. The summed E-state index contributed by atoms with van der Waals surface area (Å²) in [4.78, 5) is 24.2. The van der Waals surface area contributed by atoms with E-state index in [1.54, 1.807) is 6.07 Å². The largest absolute Gasteiger partial charge is 0.484 e. The fraction of sp³-hybridized carbons (Fsp3) is 0.278. The number of carbonyl (C=O) groups excluding carboxylic acids is 1. The highest BCUT2D eigenvalue weighted by Gasteiger charge is 2.18. The van der Waals surface area contributed by atoms with Crippen molar-refractivity contribution in [2.24, 2.45) is 0 Å². The van der Waals surface area contributed by atoms with Crippen LogP contribution < -0.4 is 15.0 Å². The summed E-state index contributed by atoms with van der Waals surface area (Å²) in [6, 6.07) is 8.69. The molecule has 3 rings (SSSR count). The SMILES string of the molecule is O=C(COc1ccc([N+](=O)[O-])c(F)c1)Nc1cc(Br)ccc1N1CCOCC1. The summed E-state index contributed by atoms with van der Waals surface area (Å²) in [5.41, 5.74) is 0.821. The molecule has 0 atom stereocenters. The quantitative estimate of drug-likeness (QED) is 0.532. The first-order valence-corrected chi connectivity index (χ1v) is 9.22. The Balaban J connectivity index is 1.65. The van der Waals surface area contributed by atoms with Gasteiger partial charge in [0.05, 0.1) is 29.5 Å². The molecule has 0 radical (unpaired) electrons. The van der Waals surface area contributed by atoms with Gasteiger partial charge in [-0.1, -0.05) is 15.9 Å². The highest BCUT2D eigenvalue weighted by molar-refractivity contribution is 9.10. The van der Waals surface area contributed by atoms with Crippen LogP contribution in [-0.2, 0) is 9.53 Å². The minimum atomic E-state index is -1.02. The lowest BCUT2D eigenvalue weighted by Gasteiger charge is -2.30. The molecule has 1 aliphatic rings. The molecule has 0 saturated carbocycles. The summed E-state index contributed by atoms with van der Waals surface area (Å²) in [6.07, 6.45) is 0. The fourth-order valence-corrected chi connectivity index (χ4v) is 3.11. The van der Waals surface area contributed by atoms with Gasteiger partial charge in [0.25, 0.3) is 5.91 Å². The first-order chi connectivity index (χ1) is 13.4. The average molecular weight is 454 g/mol. The maximum atomic E-state index is 13.6. The van der Waals surface area contributed by atoms with Crippen molar-refractivity contribution in [2.45, 2.75) is 0 Å². The number of amides is 1. The maximum Gasteiger partial charge on any atom is 0.305 e. The summed E-state index contributed by atoms with van der Waals surface area (Å²) in [5, 5.41) is 13.4. The Bertz CT molecular complexity index is 890. The highest BCUT2D eigenvalue weighted by atomic mass is 79.9. The van der Waals surface area contributed by atoms with E-state index in [-0.39, 0.29) is 12.4 Å². The molecule has 0 spiro atoms. The summed E-state index contributed by atoms with van der Waals surface area (Å²) in [5.74, 6) is -1.43. The van der Waals surface area contributed by atoms with Gasteiger partial charge in [-0.2, -0.15) is 4.39 Å². The Morgan fingerprint density at radius 1 is 1.29 bits per heavy atom. The predicted octanol–water partition coefficient (Wildman–Crippen LogP) is 3.35. The lowest BCUT2D eigenvalue weighted by Crippen LogP contribution is -2.37. The Labute approximate surface area is 168 Å². The average Bonchev–Trinajstić information content (AvgIpc) is 2.67. The number of anilines is 2. The fourth-order valence-electron chi connectivity index (χ4n) is 2.75. The Hall–Kier alpha value is -2.72. The van der Waals surface area contributed by atoms with Gasteiger partial charge < -0.3 is 19.7 Å². The maximum absolute atomic E-state index is 13.6. The van der Waals surface area contributed by atoms with Crippen molar-refractivity contribution < 1.29 is 23.6 Å². The number of nitro benzene ring substituents is 1. The molecule has 1 N–H and O–H groups in total. The molecule has 28 heavy (non-hydrogen) atoms. The summed E-state index contributed by atoms with van der Waals surface area (Å²) < 4.78 is 25.0. The van der Waals surface area contributed by atoms with Gasteiger partial charge in [-0.3, -0.25) is 14.9 Å². The summed E-state index contributed by atoms with van der Waals surface area (Å²) in [7, 11) is 0. The number of halogens is 2. The number of benzene rings is 2. The van der Waals surface area contributed by atoms with Crippen molar-refractivity contribution in [1.82, 2.24) is 0 Å². The third-order valence-electron chi connectivity index (χ3n) is 4.07. The molecule has 10 heteroatoms. The van der Waals surface area contributed by atoms with Crippen LogP contribution in [0.5, 0.6) is 5.75 Å². The van der Waals surface area contributed by atoms with Gasteiger partial charge in [0, 0.05) is 29.7 Å². The summed E-state index contributed by atoms with van der Waals surface area (Å²) >= 11 is 3.39. The zero-order chi connectivity index (χ0) is 20.1.